The van der Waals surface area contributed by atoms with Crippen molar-refractivity contribution in [3.8, 4) is 5.75 Å². The molecule has 1 fully saturated rings. The van der Waals surface area contributed by atoms with Crippen molar-refractivity contribution in [2.75, 3.05) is 13.7 Å². The largest absolute Gasteiger partial charge is 0.497 e. The Morgan fingerprint density at radius 2 is 1.68 bits per heavy atom. The van der Waals surface area contributed by atoms with E-state index in [-0.39, 0.29) is 12.1 Å². The van der Waals surface area contributed by atoms with Crippen LogP contribution in [-0.4, -0.2) is 37.4 Å². The Balaban J connectivity index is 1.62. The Morgan fingerprint density at radius 1 is 1.08 bits per heavy atom. The third-order valence-electron chi connectivity index (χ3n) is 4.45. The first kappa shape index (κ1) is 19.6. The second-order valence-corrected chi connectivity index (χ2v) is 7.75. The highest BCUT2D eigenvalue weighted by Gasteiger charge is 2.24. The molecular weight excluding hydrogens is 316 g/mol. The SMILES string of the molecule is COc1ccc(CCNC2CCC(NC(=O)OC(C)(C)C)CC2)cc1. The van der Waals surface area contributed by atoms with Crippen LogP contribution in [-0.2, 0) is 11.2 Å². The molecule has 5 nitrogen and oxygen atoms in total. The van der Waals surface area contributed by atoms with Crippen molar-refractivity contribution in [3.63, 3.8) is 0 Å². The summed E-state index contributed by atoms with van der Waals surface area (Å²) in [6.07, 6.45) is 4.88. The molecule has 0 saturated heterocycles. The number of amides is 1. The van der Waals surface area contributed by atoms with E-state index in [4.69, 9.17) is 9.47 Å². The monoisotopic (exact) mass is 348 g/mol. The van der Waals surface area contributed by atoms with Crippen molar-refractivity contribution in [2.24, 2.45) is 0 Å². The molecule has 1 aromatic carbocycles. The van der Waals surface area contributed by atoms with E-state index in [1.807, 2.05) is 32.9 Å². The number of alkyl carbamates (subject to hydrolysis) is 1. The fourth-order valence-electron chi connectivity index (χ4n) is 3.13. The van der Waals surface area contributed by atoms with E-state index in [0.717, 1.165) is 44.4 Å². The maximum absolute atomic E-state index is 11.8. The van der Waals surface area contributed by atoms with Gasteiger partial charge in [0.2, 0.25) is 0 Å². The number of rotatable bonds is 6. The molecule has 0 aliphatic heterocycles. The van der Waals surface area contributed by atoms with Gasteiger partial charge in [0.25, 0.3) is 0 Å². The maximum atomic E-state index is 11.8. The molecule has 5 heteroatoms. The molecule has 0 heterocycles. The number of benzene rings is 1. The van der Waals surface area contributed by atoms with E-state index < -0.39 is 5.60 Å². The minimum Gasteiger partial charge on any atom is -0.497 e. The van der Waals surface area contributed by atoms with Crippen molar-refractivity contribution in [2.45, 2.75) is 70.6 Å². The summed E-state index contributed by atoms with van der Waals surface area (Å²) in [6.45, 7) is 6.63. The molecule has 0 unspecified atom stereocenters. The Labute approximate surface area is 151 Å². The minimum absolute atomic E-state index is 0.231. The Bertz CT molecular complexity index is 529. The number of methoxy groups -OCH3 is 1. The van der Waals surface area contributed by atoms with Gasteiger partial charge in [0.05, 0.1) is 7.11 Å². The van der Waals surface area contributed by atoms with Gasteiger partial charge in [0.15, 0.2) is 0 Å². The predicted molar refractivity (Wildman–Crippen MR) is 100 cm³/mol. The Kier molecular flexibility index (Phi) is 7.12. The molecule has 2 rings (SSSR count). The lowest BCUT2D eigenvalue weighted by Crippen LogP contribution is -2.44. The molecule has 0 spiro atoms. The van der Waals surface area contributed by atoms with Gasteiger partial charge in [0.1, 0.15) is 11.4 Å². The van der Waals surface area contributed by atoms with Crippen molar-refractivity contribution >= 4 is 6.09 Å². The molecule has 1 aliphatic carbocycles. The standard InChI is InChI=1S/C20H32N2O3/c1-20(2,3)25-19(23)22-17-9-7-16(8-10-17)21-14-13-15-5-11-18(24-4)12-6-15/h5-6,11-12,16-17,21H,7-10,13-14H2,1-4H3,(H,22,23). The summed E-state index contributed by atoms with van der Waals surface area (Å²) in [7, 11) is 1.69. The molecule has 2 N–H and O–H groups in total. The molecule has 1 saturated carbocycles. The highest BCUT2D eigenvalue weighted by atomic mass is 16.6. The van der Waals surface area contributed by atoms with Crippen LogP contribution in [0.4, 0.5) is 4.79 Å². The molecule has 1 aromatic rings. The minimum atomic E-state index is -0.440. The Morgan fingerprint density at radius 3 is 2.24 bits per heavy atom. The lowest BCUT2D eigenvalue weighted by Gasteiger charge is -2.30. The highest BCUT2D eigenvalue weighted by Crippen LogP contribution is 2.19. The highest BCUT2D eigenvalue weighted by molar-refractivity contribution is 5.68. The van der Waals surface area contributed by atoms with E-state index in [9.17, 15) is 4.79 Å². The third-order valence-corrected chi connectivity index (χ3v) is 4.45. The molecule has 0 radical (unpaired) electrons. The van der Waals surface area contributed by atoms with Gasteiger partial charge in [-0.05, 0) is 77.1 Å². The first-order valence-electron chi connectivity index (χ1n) is 9.21. The predicted octanol–water partition coefficient (Wildman–Crippen LogP) is 3.66. The number of hydrogen-bond donors (Lipinski definition) is 2. The summed E-state index contributed by atoms with van der Waals surface area (Å²) in [6, 6.07) is 9.00. The molecule has 1 amide bonds. The smallest absolute Gasteiger partial charge is 0.407 e. The van der Waals surface area contributed by atoms with Gasteiger partial charge in [-0.1, -0.05) is 12.1 Å². The second kappa shape index (κ2) is 9.09. The van der Waals surface area contributed by atoms with Crippen LogP contribution in [0.1, 0.15) is 52.0 Å². The quantitative estimate of drug-likeness (QED) is 0.824. The van der Waals surface area contributed by atoms with Gasteiger partial charge < -0.3 is 20.1 Å². The van der Waals surface area contributed by atoms with Crippen molar-refractivity contribution < 1.29 is 14.3 Å². The molecule has 0 aromatic heterocycles. The number of hydrogen-bond acceptors (Lipinski definition) is 4. The fraction of sp³-hybridized carbons (Fsp3) is 0.650. The first-order valence-corrected chi connectivity index (χ1v) is 9.21. The molecule has 25 heavy (non-hydrogen) atoms. The van der Waals surface area contributed by atoms with Crippen molar-refractivity contribution in [3.05, 3.63) is 29.8 Å². The van der Waals surface area contributed by atoms with Crippen molar-refractivity contribution in [1.29, 1.82) is 0 Å². The zero-order chi connectivity index (χ0) is 18.3. The van der Waals surface area contributed by atoms with Gasteiger partial charge >= 0.3 is 6.09 Å². The van der Waals surface area contributed by atoms with Gasteiger partial charge in [-0.3, -0.25) is 0 Å². The van der Waals surface area contributed by atoms with Crippen LogP contribution in [0.2, 0.25) is 0 Å². The maximum Gasteiger partial charge on any atom is 0.407 e. The van der Waals surface area contributed by atoms with Crippen LogP contribution >= 0.6 is 0 Å². The topological polar surface area (TPSA) is 59.6 Å². The van der Waals surface area contributed by atoms with Crippen LogP contribution in [0.5, 0.6) is 5.75 Å². The van der Waals surface area contributed by atoms with E-state index in [2.05, 4.69) is 22.8 Å². The normalized spacial score (nSPS) is 20.8. The average Bonchev–Trinajstić information content (AvgIpc) is 2.55. The van der Waals surface area contributed by atoms with Crippen LogP contribution in [0.25, 0.3) is 0 Å². The molecule has 0 bridgehead atoms. The van der Waals surface area contributed by atoms with Gasteiger partial charge in [-0.2, -0.15) is 0 Å². The second-order valence-electron chi connectivity index (χ2n) is 7.75. The Hall–Kier alpha value is -1.75. The molecule has 140 valence electrons. The summed E-state index contributed by atoms with van der Waals surface area (Å²) < 4.78 is 10.5. The lowest BCUT2D eigenvalue weighted by atomic mass is 9.91. The summed E-state index contributed by atoms with van der Waals surface area (Å²) in [4.78, 5) is 11.8. The number of ether oxygens (including phenoxy) is 2. The van der Waals surface area contributed by atoms with E-state index in [1.54, 1.807) is 7.11 Å². The zero-order valence-corrected chi connectivity index (χ0v) is 15.9. The lowest BCUT2D eigenvalue weighted by molar-refractivity contribution is 0.0490. The summed E-state index contributed by atoms with van der Waals surface area (Å²) >= 11 is 0. The van der Waals surface area contributed by atoms with Crippen molar-refractivity contribution in [1.82, 2.24) is 10.6 Å². The van der Waals surface area contributed by atoms with E-state index >= 15 is 0 Å². The zero-order valence-electron chi connectivity index (χ0n) is 15.9. The van der Waals surface area contributed by atoms with E-state index in [0.29, 0.717) is 6.04 Å². The average molecular weight is 348 g/mol. The van der Waals surface area contributed by atoms with Crippen LogP contribution < -0.4 is 15.4 Å². The third kappa shape index (κ3) is 7.34. The fourth-order valence-corrected chi connectivity index (χ4v) is 3.13. The molecule has 1 aliphatic rings. The molecule has 0 atom stereocenters. The van der Waals surface area contributed by atoms with Crippen LogP contribution in [0.15, 0.2) is 24.3 Å². The number of nitrogens with one attached hydrogen (secondary N) is 2. The summed E-state index contributed by atoms with van der Waals surface area (Å²) in [5.74, 6) is 0.896. The van der Waals surface area contributed by atoms with Gasteiger partial charge in [-0.15, -0.1) is 0 Å². The van der Waals surface area contributed by atoms with Gasteiger partial charge in [0, 0.05) is 12.1 Å². The van der Waals surface area contributed by atoms with Gasteiger partial charge in [-0.25, -0.2) is 4.79 Å². The number of carbonyl (C=O) groups is 1. The van der Waals surface area contributed by atoms with Crippen LogP contribution in [0.3, 0.4) is 0 Å². The summed E-state index contributed by atoms with van der Waals surface area (Å²) in [5, 5.41) is 6.62. The molecular formula is C20H32N2O3. The number of carbonyl (C=O) groups excluding carboxylic acids is 1. The summed E-state index contributed by atoms with van der Waals surface area (Å²) in [5.41, 5.74) is 0.873. The first-order chi connectivity index (χ1) is 11.9. The van der Waals surface area contributed by atoms with Crippen LogP contribution in [0, 0.1) is 0 Å². The van der Waals surface area contributed by atoms with E-state index in [1.165, 1.54) is 5.56 Å².